The van der Waals surface area contributed by atoms with Crippen LogP contribution in [-0.4, -0.2) is 19.3 Å². The maximum absolute atomic E-state index is 11.9. The number of carbonyl (C=O) groups excluding carboxylic acids is 1. The fourth-order valence-electron chi connectivity index (χ4n) is 3.28. The summed E-state index contributed by atoms with van der Waals surface area (Å²) in [5, 5.41) is 0. The Balaban J connectivity index is 1.93. The number of urea groups is 1. The predicted octanol–water partition coefficient (Wildman–Crippen LogP) is 6.61. The zero-order valence-corrected chi connectivity index (χ0v) is 16.3. The normalized spacial score (nSPS) is 10.8. The number of amides is 2. The summed E-state index contributed by atoms with van der Waals surface area (Å²) in [6.07, 6.45) is 15.5. The van der Waals surface area contributed by atoms with E-state index in [1.165, 1.54) is 57.8 Å². The molecule has 0 bridgehead atoms. The number of hydrogen-bond acceptors (Lipinski definition) is 1. The highest BCUT2D eigenvalue weighted by atomic mass is 19.1. The van der Waals surface area contributed by atoms with Gasteiger partial charge >= 0.3 is 6.03 Å². The molecule has 26 heavy (non-hydrogen) atoms. The first-order valence-corrected chi connectivity index (χ1v) is 10.4. The molecule has 0 heterocycles. The molecule has 0 aliphatic carbocycles. The van der Waals surface area contributed by atoms with Crippen LogP contribution in [-0.2, 0) is 0 Å². The largest absolute Gasteiger partial charge is 0.351 e. The zero-order chi connectivity index (χ0) is 18.9. The SMILES string of the molecule is NC(=O)N(CCCCCCCCCCCCCCCF)c1ccccc1. The molecular weight excluding hydrogens is 327 g/mol. The zero-order valence-electron chi connectivity index (χ0n) is 16.3. The van der Waals surface area contributed by atoms with Crippen molar-refractivity contribution in [3.05, 3.63) is 30.3 Å². The van der Waals surface area contributed by atoms with Gasteiger partial charge in [0, 0.05) is 12.2 Å². The Labute approximate surface area is 159 Å². The molecule has 0 saturated heterocycles. The summed E-state index contributed by atoms with van der Waals surface area (Å²) in [7, 11) is 0. The molecule has 2 amide bonds. The highest BCUT2D eigenvalue weighted by Gasteiger charge is 2.10. The van der Waals surface area contributed by atoms with Gasteiger partial charge in [-0.25, -0.2) is 4.79 Å². The molecule has 1 aromatic carbocycles. The Hall–Kier alpha value is -1.58. The number of hydrogen-bond donors (Lipinski definition) is 1. The fourth-order valence-corrected chi connectivity index (χ4v) is 3.28. The second-order valence-electron chi connectivity index (χ2n) is 7.11. The van der Waals surface area contributed by atoms with Crippen LogP contribution < -0.4 is 10.6 Å². The summed E-state index contributed by atoms with van der Waals surface area (Å²) >= 11 is 0. The van der Waals surface area contributed by atoms with Crippen LogP contribution in [0.2, 0.25) is 0 Å². The molecule has 4 heteroatoms. The quantitative estimate of drug-likeness (QED) is 0.329. The number of halogens is 1. The van der Waals surface area contributed by atoms with Gasteiger partial charge in [0.1, 0.15) is 0 Å². The number of primary amides is 1. The van der Waals surface area contributed by atoms with Crippen molar-refractivity contribution in [3.8, 4) is 0 Å². The van der Waals surface area contributed by atoms with Gasteiger partial charge in [0.05, 0.1) is 6.67 Å². The Morgan fingerprint density at radius 3 is 1.58 bits per heavy atom. The van der Waals surface area contributed by atoms with E-state index in [0.717, 1.165) is 31.4 Å². The van der Waals surface area contributed by atoms with Gasteiger partial charge < -0.3 is 5.73 Å². The lowest BCUT2D eigenvalue weighted by molar-refractivity contribution is 0.253. The van der Waals surface area contributed by atoms with E-state index >= 15 is 0 Å². The second kappa shape index (κ2) is 15.7. The topological polar surface area (TPSA) is 46.3 Å². The van der Waals surface area contributed by atoms with Crippen molar-refractivity contribution in [3.63, 3.8) is 0 Å². The van der Waals surface area contributed by atoms with Crippen LogP contribution in [0.1, 0.15) is 83.5 Å². The molecule has 0 unspecified atom stereocenters. The molecule has 0 radical (unpaired) electrons. The minimum Gasteiger partial charge on any atom is -0.351 e. The molecule has 0 aliphatic heterocycles. The molecule has 0 atom stereocenters. The van der Waals surface area contributed by atoms with Crippen LogP contribution in [0.25, 0.3) is 0 Å². The molecule has 2 N–H and O–H groups in total. The average Bonchev–Trinajstić information content (AvgIpc) is 2.65. The van der Waals surface area contributed by atoms with Gasteiger partial charge in [0.2, 0.25) is 0 Å². The van der Waals surface area contributed by atoms with E-state index < -0.39 is 0 Å². The summed E-state index contributed by atoms with van der Waals surface area (Å²) in [5.74, 6) is 0. The van der Waals surface area contributed by atoms with Gasteiger partial charge in [-0.2, -0.15) is 0 Å². The van der Waals surface area contributed by atoms with Gasteiger partial charge in [0.15, 0.2) is 0 Å². The van der Waals surface area contributed by atoms with Crippen LogP contribution in [0.3, 0.4) is 0 Å². The number of carbonyl (C=O) groups is 1. The highest BCUT2D eigenvalue weighted by Crippen LogP contribution is 2.16. The Morgan fingerprint density at radius 2 is 1.15 bits per heavy atom. The Morgan fingerprint density at radius 1 is 0.731 bits per heavy atom. The van der Waals surface area contributed by atoms with Gasteiger partial charge in [-0.05, 0) is 25.0 Å². The first kappa shape index (κ1) is 22.5. The van der Waals surface area contributed by atoms with E-state index in [1.54, 1.807) is 4.90 Å². The molecule has 1 rings (SSSR count). The van der Waals surface area contributed by atoms with Gasteiger partial charge in [0.25, 0.3) is 0 Å². The number of anilines is 1. The van der Waals surface area contributed by atoms with Gasteiger partial charge in [-0.3, -0.25) is 9.29 Å². The van der Waals surface area contributed by atoms with E-state index in [1.807, 2.05) is 30.3 Å². The van der Waals surface area contributed by atoms with Crippen molar-refractivity contribution in [2.45, 2.75) is 83.5 Å². The molecule has 0 spiro atoms. The van der Waals surface area contributed by atoms with Crippen molar-refractivity contribution in [1.82, 2.24) is 0 Å². The lowest BCUT2D eigenvalue weighted by Gasteiger charge is -2.20. The number of unbranched alkanes of at least 4 members (excludes halogenated alkanes) is 12. The third kappa shape index (κ3) is 11.1. The molecule has 148 valence electrons. The monoisotopic (exact) mass is 364 g/mol. The third-order valence-electron chi connectivity index (χ3n) is 4.85. The number of benzene rings is 1. The van der Waals surface area contributed by atoms with E-state index in [0.29, 0.717) is 6.54 Å². The number of alkyl halides is 1. The van der Waals surface area contributed by atoms with E-state index in [2.05, 4.69) is 0 Å². The maximum Gasteiger partial charge on any atom is 0.319 e. The van der Waals surface area contributed by atoms with Crippen LogP contribution in [0.15, 0.2) is 30.3 Å². The van der Waals surface area contributed by atoms with E-state index in [4.69, 9.17) is 5.73 Å². The number of para-hydroxylation sites is 1. The lowest BCUT2D eigenvalue weighted by atomic mass is 10.0. The standard InChI is InChI=1S/C22H37FN2O/c23-19-15-10-8-6-4-2-1-3-5-7-9-11-16-20-25(22(24)26)21-17-13-12-14-18-21/h12-14,17-18H,1-11,15-16,19-20H2,(H2,24,26). The average molecular weight is 365 g/mol. The summed E-state index contributed by atoms with van der Waals surface area (Å²) in [4.78, 5) is 13.3. The van der Waals surface area contributed by atoms with Crippen molar-refractivity contribution < 1.29 is 9.18 Å². The lowest BCUT2D eigenvalue weighted by Crippen LogP contribution is -2.36. The summed E-state index contributed by atoms with van der Waals surface area (Å²) in [5.41, 5.74) is 6.37. The van der Waals surface area contributed by atoms with Crippen molar-refractivity contribution in [1.29, 1.82) is 0 Å². The predicted molar refractivity (Wildman–Crippen MR) is 109 cm³/mol. The number of rotatable bonds is 16. The number of nitrogens with zero attached hydrogens (tertiary/aromatic N) is 1. The van der Waals surface area contributed by atoms with Crippen LogP contribution in [0, 0.1) is 0 Å². The smallest absolute Gasteiger partial charge is 0.319 e. The van der Waals surface area contributed by atoms with Crippen LogP contribution >= 0.6 is 0 Å². The minimum absolute atomic E-state index is 0.160. The molecule has 0 fully saturated rings. The summed E-state index contributed by atoms with van der Waals surface area (Å²) in [6.45, 7) is 0.536. The Bertz CT molecular complexity index is 453. The van der Waals surface area contributed by atoms with E-state index in [-0.39, 0.29) is 12.7 Å². The first-order chi connectivity index (χ1) is 12.8. The molecule has 0 aliphatic rings. The molecule has 0 aromatic heterocycles. The van der Waals surface area contributed by atoms with Gasteiger partial charge in [-0.15, -0.1) is 0 Å². The van der Waals surface area contributed by atoms with Crippen molar-refractivity contribution in [2.75, 3.05) is 18.1 Å². The molecule has 3 nitrogen and oxygen atoms in total. The summed E-state index contributed by atoms with van der Waals surface area (Å²) < 4.78 is 11.9. The molecule has 1 aromatic rings. The van der Waals surface area contributed by atoms with Crippen molar-refractivity contribution in [2.24, 2.45) is 5.73 Å². The van der Waals surface area contributed by atoms with Crippen LogP contribution in [0.5, 0.6) is 0 Å². The van der Waals surface area contributed by atoms with Gasteiger partial charge in [-0.1, -0.05) is 88.8 Å². The minimum atomic E-state index is -0.374. The third-order valence-corrected chi connectivity index (χ3v) is 4.85. The molecular formula is C22H37FN2O. The van der Waals surface area contributed by atoms with Crippen molar-refractivity contribution >= 4 is 11.7 Å². The van der Waals surface area contributed by atoms with Crippen LogP contribution in [0.4, 0.5) is 14.9 Å². The Kier molecular flexibility index (Phi) is 13.5. The second-order valence-corrected chi connectivity index (χ2v) is 7.11. The summed E-state index contributed by atoms with van der Waals surface area (Å²) in [6, 6.07) is 9.26. The first-order valence-electron chi connectivity index (χ1n) is 10.4. The molecule has 0 saturated carbocycles. The van der Waals surface area contributed by atoms with E-state index in [9.17, 15) is 9.18 Å². The number of nitrogens with two attached hydrogens (primary N) is 1. The fraction of sp³-hybridized carbons (Fsp3) is 0.682. The highest BCUT2D eigenvalue weighted by molar-refractivity contribution is 5.90. The maximum atomic E-state index is 11.9.